The highest BCUT2D eigenvalue weighted by Gasteiger charge is 2.27. The fourth-order valence-corrected chi connectivity index (χ4v) is 4.94. The van der Waals surface area contributed by atoms with Gasteiger partial charge in [0.2, 0.25) is 0 Å². The van der Waals surface area contributed by atoms with Gasteiger partial charge in [-0.1, -0.05) is 56.2 Å². The molecule has 1 N–H and O–H groups in total. The van der Waals surface area contributed by atoms with Crippen molar-refractivity contribution in [1.29, 1.82) is 0 Å². The minimum absolute atomic E-state index is 0.105. The van der Waals surface area contributed by atoms with E-state index in [1.54, 1.807) is 30.3 Å². The van der Waals surface area contributed by atoms with E-state index in [2.05, 4.69) is 17.5 Å². The number of aryl methyl sites for hydroxylation is 2. The van der Waals surface area contributed by atoms with E-state index in [-0.39, 0.29) is 4.90 Å². The lowest BCUT2D eigenvalue weighted by Crippen LogP contribution is -2.39. The highest BCUT2D eigenvalue weighted by Crippen LogP contribution is 2.25. The van der Waals surface area contributed by atoms with Crippen LogP contribution < -0.4 is 14.5 Å². The molecule has 0 aliphatic heterocycles. The van der Waals surface area contributed by atoms with Crippen molar-refractivity contribution in [2.75, 3.05) is 17.5 Å². The maximum atomic E-state index is 13.4. The van der Waals surface area contributed by atoms with Gasteiger partial charge in [0.1, 0.15) is 12.3 Å². The summed E-state index contributed by atoms with van der Waals surface area (Å²) in [5.74, 6) is 0.111. The van der Waals surface area contributed by atoms with Crippen LogP contribution in [0.5, 0.6) is 5.75 Å². The van der Waals surface area contributed by atoms with Gasteiger partial charge in [-0.05, 0) is 67.8 Å². The fraction of sp³-hybridized carbons (Fsp3) is 0.286. The molecule has 0 aliphatic carbocycles. The van der Waals surface area contributed by atoms with Crippen molar-refractivity contribution in [3.05, 3.63) is 89.5 Å². The van der Waals surface area contributed by atoms with Crippen LogP contribution in [0.25, 0.3) is 0 Å². The lowest BCUT2D eigenvalue weighted by molar-refractivity contribution is -0.119. The first-order valence-corrected chi connectivity index (χ1v) is 13.5. The molecule has 0 saturated carbocycles. The number of benzene rings is 3. The number of carbonyl (C=O) groups excluding carboxylic acids is 1. The van der Waals surface area contributed by atoms with Gasteiger partial charge in [0.05, 0.1) is 23.4 Å². The summed E-state index contributed by atoms with van der Waals surface area (Å²) >= 11 is 0. The van der Waals surface area contributed by atoms with Gasteiger partial charge in [0.15, 0.2) is 0 Å². The summed E-state index contributed by atoms with van der Waals surface area (Å²) in [6.45, 7) is 6.16. The van der Waals surface area contributed by atoms with Gasteiger partial charge in [-0.15, -0.1) is 0 Å². The molecule has 0 atom stereocenters. The van der Waals surface area contributed by atoms with Crippen LogP contribution in [0.4, 0.5) is 5.69 Å². The van der Waals surface area contributed by atoms with Gasteiger partial charge >= 0.3 is 0 Å². The Kier molecular flexibility index (Phi) is 9.64. The number of sulfonamides is 1. The number of hydrogen-bond acceptors (Lipinski definition) is 5. The smallest absolute Gasteiger partial charge is 0.264 e. The Morgan fingerprint density at radius 1 is 0.972 bits per heavy atom. The number of unbranched alkanes of at least 4 members (excludes halogenated alkanes) is 2. The third-order valence-electron chi connectivity index (χ3n) is 5.71. The summed E-state index contributed by atoms with van der Waals surface area (Å²) in [5, 5.41) is 4.05. The molecule has 0 heterocycles. The molecule has 0 unspecified atom stereocenters. The van der Waals surface area contributed by atoms with Crippen molar-refractivity contribution in [1.82, 2.24) is 5.43 Å². The van der Waals surface area contributed by atoms with Crippen LogP contribution in [0.1, 0.15) is 42.9 Å². The number of nitrogens with one attached hydrogen (secondary N) is 1. The van der Waals surface area contributed by atoms with E-state index in [4.69, 9.17) is 4.74 Å². The number of hydrogen-bond donors (Lipinski definition) is 1. The first kappa shape index (κ1) is 26.9. The molecule has 0 fully saturated rings. The summed E-state index contributed by atoms with van der Waals surface area (Å²) in [4.78, 5) is 12.9. The molecule has 0 spiro atoms. The number of hydrazone groups is 1. The predicted molar refractivity (Wildman–Crippen MR) is 144 cm³/mol. The van der Waals surface area contributed by atoms with E-state index in [0.717, 1.165) is 40.3 Å². The number of para-hydroxylation sites is 1. The van der Waals surface area contributed by atoms with Crippen LogP contribution in [0, 0.1) is 13.8 Å². The molecular formula is C28H33N3O4S. The second-order valence-electron chi connectivity index (χ2n) is 8.48. The molecule has 3 aromatic rings. The summed E-state index contributed by atoms with van der Waals surface area (Å²) < 4.78 is 33.8. The van der Waals surface area contributed by atoms with Gasteiger partial charge in [-0.2, -0.15) is 5.10 Å². The van der Waals surface area contributed by atoms with E-state index in [9.17, 15) is 13.2 Å². The van der Waals surface area contributed by atoms with Crippen molar-refractivity contribution in [2.45, 2.75) is 44.9 Å². The standard InChI is InChI=1S/C28H33N3O4S/c1-4-5-11-18-35-27-15-10-9-12-24(27)20-29-30-28(32)21-31(25-17-16-22(2)23(3)19-25)36(33,34)26-13-7-6-8-14-26/h6-10,12-17,19-20H,4-5,11,18,21H2,1-3H3,(H,30,32). The Balaban J connectivity index is 1.77. The van der Waals surface area contributed by atoms with Gasteiger partial charge in [-0.3, -0.25) is 9.10 Å². The molecule has 0 bridgehead atoms. The Hall–Kier alpha value is -3.65. The second kappa shape index (κ2) is 12.9. The van der Waals surface area contributed by atoms with Crippen molar-refractivity contribution >= 4 is 27.8 Å². The van der Waals surface area contributed by atoms with Gasteiger partial charge in [0, 0.05) is 5.56 Å². The molecule has 3 aromatic carbocycles. The fourth-order valence-electron chi connectivity index (χ4n) is 3.51. The largest absolute Gasteiger partial charge is 0.493 e. The van der Waals surface area contributed by atoms with Crippen LogP contribution in [0.3, 0.4) is 0 Å². The van der Waals surface area contributed by atoms with Crippen molar-refractivity contribution in [3.8, 4) is 5.75 Å². The van der Waals surface area contributed by atoms with Crippen LogP contribution in [-0.4, -0.2) is 33.7 Å². The van der Waals surface area contributed by atoms with E-state index >= 15 is 0 Å². The molecule has 1 amide bonds. The number of amides is 1. The summed E-state index contributed by atoms with van der Waals surface area (Å²) in [6, 6.07) is 20.8. The molecule has 190 valence electrons. The molecule has 3 rings (SSSR count). The van der Waals surface area contributed by atoms with Crippen molar-refractivity contribution < 1.29 is 17.9 Å². The average Bonchev–Trinajstić information content (AvgIpc) is 2.88. The van der Waals surface area contributed by atoms with E-state index < -0.39 is 22.5 Å². The zero-order valence-corrected chi connectivity index (χ0v) is 21.8. The number of carbonyl (C=O) groups is 1. The minimum Gasteiger partial charge on any atom is -0.493 e. The Bertz CT molecular complexity index is 1290. The molecule has 0 saturated heterocycles. The lowest BCUT2D eigenvalue weighted by Gasteiger charge is -2.24. The number of ether oxygens (including phenoxy) is 1. The first-order valence-electron chi connectivity index (χ1n) is 12.0. The first-order chi connectivity index (χ1) is 17.3. The number of nitrogens with zero attached hydrogens (tertiary/aromatic N) is 2. The molecule has 7 nitrogen and oxygen atoms in total. The number of anilines is 1. The zero-order chi connectivity index (χ0) is 26.0. The molecule has 0 radical (unpaired) electrons. The van der Waals surface area contributed by atoms with Crippen LogP contribution >= 0.6 is 0 Å². The maximum Gasteiger partial charge on any atom is 0.264 e. The summed E-state index contributed by atoms with van der Waals surface area (Å²) in [7, 11) is -3.98. The SMILES string of the molecule is CCCCCOc1ccccc1C=NNC(=O)CN(c1ccc(C)c(C)c1)S(=O)(=O)c1ccccc1. The Morgan fingerprint density at radius 3 is 2.42 bits per heavy atom. The molecule has 0 aliphatic rings. The third-order valence-corrected chi connectivity index (χ3v) is 7.50. The summed E-state index contributed by atoms with van der Waals surface area (Å²) in [5.41, 5.74) is 5.54. The predicted octanol–water partition coefficient (Wildman–Crippen LogP) is 5.22. The molecule has 0 aromatic heterocycles. The number of rotatable bonds is 12. The van der Waals surface area contributed by atoms with Crippen LogP contribution in [-0.2, 0) is 14.8 Å². The van der Waals surface area contributed by atoms with Crippen molar-refractivity contribution in [3.63, 3.8) is 0 Å². The van der Waals surface area contributed by atoms with E-state index in [1.165, 1.54) is 18.3 Å². The van der Waals surface area contributed by atoms with E-state index in [0.29, 0.717) is 18.0 Å². The highest BCUT2D eigenvalue weighted by molar-refractivity contribution is 7.92. The van der Waals surface area contributed by atoms with Crippen molar-refractivity contribution in [2.24, 2.45) is 5.10 Å². The highest BCUT2D eigenvalue weighted by atomic mass is 32.2. The van der Waals surface area contributed by atoms with Crippen LogP contribution in [0.2, 0.25) is 0 Å². The molecule has 36 heavy (non-hydrogen) atoms. The van der Waals surface area contributed by atoms with Crippen LogP contribution in [0.15, 0.2) is 82.8 Å². The molecule has 8 heteroatoms. The quantitative estimate of drug-likeness (QED) is 0.207. The normalized spacial score (nSPS) is 11.4. The maximum absolute atomic E-state index is 13.4. The second-order valence-corrected chi connectivity index (χ2v) is 10.3. The Morgan fingerprint density at radius 2 is 1.69 bits per heavy atom. The Labute approximate surface area is 213 Å². The van der Waals surface area contributed by atoms with Gasteiger partial charge in [0.25, 0.3) is 15.9 Å². The topological polar surface area (TPSA) is 88.1 Å². The van der Waals surface area contributed by atoms with Gasteiger partial charge in [-0.25, -0.2) is 13.8 Å². The van der Waals surface area contributed by atoms with E-state index in [1.807, 2.05) is 44.2 Å². The molecular weight excluding hydrogens is 474 g/mol. The summed E-state index contributed by atoms with van der Waals surface area (Å²) in [6.07, 6.45) is 4.66. The van der Waals surface area contributed by atoms with Gasteiger partial charge < -0.3 is 4.74 Å². The zero-order valence-electron chi connectivity index (χ0n) is 21.0. The monoisotopic (exact) mass is 507 g/mol. The lowest BCUT2D eigenvalue weighted by atomic mass is 10.1. The minimum atomic E-state index is -3.98. The average molecular weight is 508 g/mol. The third kappa shape index (κ3) is 7.18.